The molecule has 13 heteroatoms. The minimum atomic E-state index is -1.35. The van der Waals surface area contributed by atoms with Crippen molar-refractivity contribution in [1.29, 1.82) is 0 Å². The van der Waals surface area contributed by atoms with Gasteiger partial charge in [-0.2, -0.15) is 5.10 Å². The number of nitrogens with one attached hydrogen (secondary N) is 1. The van der Waals surface area contributed by atoms with Crippen LogP contribution in [-0.2, 0) is 4.74 Å². The van der Waals surface area contributed by atoms with Crippen LogP contribution in [0.25, 0.3) is 11.2 Å². The van der Waals surface area contributed by atoms with Crippen LogP contribution in [0.5, 0.6) is 11.5 Å². The molecule has 0 saturated carbocycles. The van der Waals surface area contributed by atoms with Crippen molar-refractivity contribution in [3.05, 3.63) is 30.1 Å². The monoisotopic (exact) mass is 445 g/mol. The highest BCUT2D eigenvalue weighted by atomic mass is 16.6. The van der Waals surface area contributed by atoms with Gasteiger partial charge in [-0.3, -0.25) is 4.57 Å². The molecular weight excluding hydrogens is 422 g/mol. The maximum atomic E-state index is 10.5. The highest BCUT2D eigenvalue weighted by Gasteiger charge is 2.45. The lowest BCUT2D eigenvalue weighted by Crippen LogP contribution is -2.33. The lowest BCUT2D eigenvalue weighted by molar-refractivity contribution is -0.0501. The summed E-state index contributed by atoms with van der Waals surface area (Å²) in [6, 6.07) is 5.26. The fraction of sp³-hybridized carbons (Fsp3) is 0.368. The minimum absolute atomic E-state index is 0.118. The van der Waals surface area contributed by atoms with Crippen LogP contribution >= 0.6 is 0 Å². The third kappa shape index (κ3) is 3.78. The van der Waals surface area contributed by atoms with E-state index in [2.05, 4.69) is 25.5 Å². The second-order valence-electron chi connectivity index (χ2n) is 6.95. The zero-order valence-corrected chi connectivity index (χ0v) is 17.3. The van der Waals surface area contributed by atoms with Gasteiger partial charge in [-0.05, 0) is 23.8 Å². The molecule has 3 aromatic rings. The maximum absolute atomic E-state index is 10.5. The van der Waals surface area contributed by atoms with E-state index < -0.39 is 31.1 Å². The second kappa shape index (κ2) is 8.92. The first-order valence-corrected chi connectivity index (χ1v) is 9.60. The summed E-state index contributed by atoms with van der Waals surface area (Å²) in [7, 11) is 3.08. The second-order valence-corrected chi connectivity index (χ2v) is 6.95. The average molecular weight is 445 g/mol. The predicted molar refractivity (Wildman–Crippen MR) is 114 cm³/mol. The van der Waals surface area contributed by atoms with Crippen molar-refractivity contribution in [2.24, 2.45) is 5.10 Å². The van der Waals surface area contributed by atoms with Crippen LogP contribution in [0.3, 0.4) is 0 Å². The Labute approximate surface area is 182 Å². The van der Waals surface area contributed by atoms with E-state index in [1.54, 1.807) is 25.3 Å². The molecule has 3 heterocycles. The highest BCUT2D eigenvalue weighted by Crippen LogP contribution is 2.35. The standard InChI is InChI=1S/C19H23N7O6/c1-30-10-4-3-9(5-11(10)31-2)6-23-25-19-24-13-16(20)21-8-22-17(13)26(19)18-15(29)14(28)12(7-27)32-18/h3-6,8,12,14-15,18,27-29H,7H2,1-2H3,(H,24,25)(H2,20,21,22)/b23-6+/t12-,14-,15-,18-/m1/s1. The number of benzene rings is 1. The molecule has 0 amide bonds. The van der Waals surface area contributed by atoms with Gasteiger partial charge in [0, 0.05) is 0 Å². The number of hydrogen-bond acceptors (Lipinski definition) is 12. The van der Waals surface area contributed by atoms with Crippen molar-refractivity contribution in [2.45, 2.75) is 24.5 Å². The molecule has 13 nitrogen and oxygen atoms in total. The van der Waals surface area contributed by atoms with E-state index in [9.17, 15) is 15.3 Å². The summed E-state index contributed by atoms with van der Waals surface area (Å²) in [4.78, 5) is 12.5. The number of anilines is 2. The molecule has 1 aliphatic heterocycles. The fourth-order valence-electron chi connectivity index (χ4n) is 3.44. The summed E-state index contributed by atoms with van der Waals surface area (Å²) in [6.07, 6.45) is -1.96. The van der Waals surface area contributed by atoms with Crippen molar-refractivity contribution >= 4 is 29.1 Å². The summed E-state index contributed by atoms with van der Waals surface area (Å²) in [5.41, 5.74) is 9.93. The largest absolute Gasteiger partial charge is 0.493 e. The van der Waals surface area contributed by atoms with E-state index in [4.69, 9.17) is 19.9 Å². The third-order valence-electron chi connectivity index (χ3n) is 5.06. The van der Waals surface area contributed by atoms with E-state index in [1.165, 1.54) is 24.2 Å². The van der Waals surface area contributed by atoms with Gasteiger partial charge in [-0.15, -0.1) is 0 Å². The average Bonchev–Trinajstić information content (AvgIpc) is 3.31. The summed E-state index contributed by atoms with van der Waals surface area (Å²) in [6.45, 7) is -0.474. The number of hydrogen-bond donors (Lipinski definition) is 5. The van der Waals surface area contributed by atoms with Crippen molar-refractivity contribution in [1.82, 2.24) is 19.5 Å². The van der Waals surface area contributed by atoms with Crippen molar-refractivity contribution in [3.63, 3.8) is 0 Å². The van der Waals surface area contributed by atoms with Gasteiger partial charge in [0.25, 0.3) is 0 Å². The molecule has 4 rings (SSSR count). The number of aromatic nitrogens is 4. The molecule has 1 aliphatic rings. The van der Waals surface area contributed by atoms with Crippen LogP contribution in [0.1, 0.15) is 11.8 Å². The highest BCUT2D eigenvalue weighted by molar-refractivity contribution is 5.85. The van der Waals surface area contributed by atoms with E-state index >= 15 is 0 Å². The fourth-order valence-corrected chi connectivity index (χ4v) is 3.44. The number of imidazole rings is 1. The number of aliphatic hydroxyl groups is 3. The lowest BCUT2D eigenvalue weighted by Gasteiger charge is -2.18. The lowest BCUT2D eigenvalue weighted by atomic mass is 10.1. The number of hydrazone groups is 1. The maximum Gasteiger partial charge on any atom is 0.228 e. The van der Waals surface area contributed by atoms with E-state index in [0.29, 0.717) is 17.1 Å². The van der Waals surface area contributed by atoms with Crippen LogP contribution in [0.4, 0.5) is 11.8 Å². The van der Waals surface area contributed by atoms with Crippen LogP contribution in [-0.4, -0.2) is 80.2 Å². The number of rotatable bonds is 7. The number of aliphatic hydroxyl groups excluding tert-OH is 3. The van der Waals surface area contributed by atoms with Crippen molar-refractivity contribution in [2.75, 3.05) is 32.0 Å². The number of fused-ring (bicyclic) bond motifs is 1. The van der Waals surface area contributed by atoms with E-state index in [-0.39, 0.29) is 22.9 Å². The van der Waals surface area contributed by atoms with E-state index in [0.717, 1.165) is 0 Å². The smallest absolute Gasteiger partial charge is 0.228 e. The molecular formula is C19H23N7O6. The normalized spacial score (nSPS) is 23.2. The van der Waals surface area contributed by atoms with Gasteiger partial charge in [0.05, 0.1) is 27.0 Å². The molecule has 6 N–H and O–H groups in total. The third-order valence-corrected chi connectivity index (χ3v) is 5.06. The molecule has 1 saturated heterocycles. The van der Waals surface area contributed by atoms with Crippen LogP contribution in [0.2, 0.25) is 0 Å². The Hall–Kier alpha value is -3.52. The van der Waals surface area contributed by atoms with Gasteiger partial charge in [0.1, 0.15) is 24.6 Å². The molecule has 2 aromatic heterocycles. The summed E-state index contributed by atoms with van der Waals surface area (Å²) in [5, 5.41) is 34.3. The Morgan fingerprint density at radius 1 is 1.22 bits per heavy atom. The number of nitrogens with zero attached hydrogens (tertiary/aromatic N) is 5. The molecule has 0 radical (unpaired) electrons. The zero-order chi connectivity index (χ0) is 22.8. The van der Waals surface area contributed by atoms with Crippen LogP contribution in [0.15, 0.2) is 29.6 Å². The topological polar surface area (TPSA) is 182 Å². The quantitative estimate of drug-likeness (QED) is 0.233. The van der Waals surface area contributed by atoms with E-state index in [1.807, 2.05) is 0 Å². The Bertz CT molecular complexity index is 1140. The first-order chi connectivity index (χ1) is 15.5. The van der Waals surface area contributed by atoms with Crippen LogP contribution in [0, 0.1) is 0 Å². The number of nitrogens with two attached hydrogens (primary N) is 1. The molecule has 0 unspecified atom stereocenters. The van der Waals surface area contributed by atoms with Gasteiger partial charge in [0.2, 0.25) is 5.95 Å². The first-order valence-electron chi connectivity index (χ1n) is 9.60. The Balaban J connectivity index is 1.68. The van der Waals surface area contributed by atoms with Gasteiger partial charge in [-0.25, -0.2) is 20.4 Å². The van der Waals surface area contributed by atoms with Gasteiger partial charge < -0.3 is 35.3 Å². The Kier molecular flexibility index (Phi) is 6.05. The SMILES string of the molecule is COc1ccc(/C=N/Nc2nc3c(N)ncnc3n2[C@@H]2O[C@H](CO)[C@@H](O)[C@H]2O)cc1OC. The Morgan fingerprint density at radius 2 is 2.00 bits per heavy atom. The van der Waals surface area contributed by atoms with Gasteiger partial charge in [-0.1, -0.05) is 0 Å². The van der Waals surface area contributed by atoms with Crippen molar-refractivity contribution < 1.29 is 29.5 Å². The number of ether oxygens (including phenoxy) is 3. The summed E-state index contributed by atoms with van der Waals surface area (Å²) >= 11 is 0. The number of methoxy groups -OCH3 is 2. The summed E-state index contributed by atoms with van der Waals surface area (Å²) in [5.74, 6) is 1.38. The molecule has 0 bridgehead atoms. The van der Waals surface area contributed by atoms with Gasteiger partial charge >= 0.3 is 0 Å². The van der Waals surface area contributed by atoms with Gasteiger partial charge in [0.15, 0.2) is 34.7 Å². The predicted octanol–water partition coefficient (Wildman–Crippen LogP) is -0.517. The molecule has 4 atom stereocenters. The minimum Gasteiger partial charge on any atom is -0.493 e. The number of nitrogen functional groups attached to an aromatic ring is 1. The molecule has 0 aliphatic carbocycles. The zero-order valence-electron chi connectivity index (χ0n) is 17.3. The molecule has 1 aromatic carbocycles. The molecule has 1 fully saturated rings. The molecule has 32 heavy (non-hydrogen) atoms. The van der Waals surface area contributed by atoms with Crippen LogP contribution < -0.4 is 20.6 Å². The molecule has 170 valence electrons. The summed E-state index contributed by atoms with van der Waals surface area (Å²) < 4.78 is 17.5. The Morgan fingerprint density at radius 3 is 2.69 bits per heavy atom. The van der Waals surface area contributed by atoms with Crippen molar-refractivity contribution in [3.8, 4) is 11.5 Å². The molecule has 0 spiro atoms. The first kappa shape index (κ1) is 21.7.